The van der Waals surface area contributed by atoms with Crippen molar-refractivity contribution in [3.63, 3.8) is 0 Å². The fourth-order valence-corrected chi connectivity index (χ4v) is 3.57. The predicted molar refractivity (Wildman–Crippen MR) is 107 cm³/mol. The molecule has 1 aliphatic heterocycles. The third kappa shape index (κ3) is 2.85. The number of carbonyl (C=O) groups is 1. The topological polar surface area (TPSA) is 32.3 Å². The number of hydrogen-bond donors (Lipinski definition) is 1. The SMILES string of the molecule is CCc1ccccc1N[C@H]1c2ccccc2C(=O)N1c1ccc(Cl)cc1. The smallest absolute Gasteiger partial charge is 0.260 e. The highest BCUT2D eigenvalue weighted by molar-refractivity contribution is 6.30. The van der Waals surface area contributed by atoms with E-state index in [-0.39, 0.29) is 12.1 Å². The number of aryl methyl sites for hydroxylation is 1. The van der Waals surface area contributed by atoms with Gasteiger partial charge in [0.2, 0.25) is 0 Å². The van der Waals surface area contributed by atoms with Crippen molar-refractivity contribution in [2.75, 3.05) is 10.2 Å². The van der Waals surface area contributed by atoms with E-state index in [0.717, 1.165) is 28.9 Å². The van der Waals surface area contributed by atoms with Crippen LogP contribution in [0.1, 0.15) is 34.6 Å². The Balaban J connectivity index is 1.79. The molecular weight excluding hydrogens is 344 g/mol. The molecule has 26 heavy (non-hydrogen) atoms. The normalized spacial score (nSPS) is 15.8. The summed E-state index contributed by atoms with van der Waals surface area (Å²) >= 11 is 6.03. The number of carbonyl (C=O) groups excluding carboxylic acids is 1. The maximum absolute atomic E-state index is 13.1. The molecule has 130 valence electrons. The average Bonchev–Trinajstić information content (AvgIpc) is 2.95. The molecule has 1 heterocycles. The Bertz CT molecular complexity index is 952. The number of hydrogen-bond acceptors (Lipinski definition) is 2. The Morgan fingerprint density at radius 1 is 0.962 bits per heavy atom. The molecule has 0 saturated heterocycles. The molecule has 1 atom stereocenters. The van der Waals surface area contributed by atoms with E-state index in [1.165, 1.54) is 5.56 Å². The molecule has 1 N–H and O–H groups in total. The van der Waals surface area contributed by atoms with Crippen LogP contribution >= 0.6 is 11.6 Å². The monoisotopic (exact) mass is 362 g/mol. The van der Waals surface area contributed by atoms with Crippen molar-refractivity contribution in [3.8, 4) is 0 Å². The third-order valence-corrected chi connectivity index (χ3v) is 5.01. The highest BCUT2D eigenvalue weighted by Gasteiger charge is 2.37. The minimum Gasteiger partial charge on any atom is -0.361 e. The van der Waals surface area contributed by atoms with Crippen LogP contribution < -0.4 is 10.2 Å². The van der Waals surface area contributed by atoms with Gasteiger partial charge in [0.15, 0.2) is 0 Å². The Morgan fingerprint density at radius 2 is 1.65 bits per heavy atom. The number of halogens is 1. The molecule has 0 aliphatic carbocycles. The van der Waals surface area contributed by atoms with E-state index in [1.54, 1.807) is 4.90 Å². The molecule has 3 aromatic rings. The first-order valence-electron chi connectivity index (χ1n) is 8.71. The second-order valence-corrected chi connectivity index (χ2v) is 6.73. The van der Waals surface area contributed by atoms with Crippen LogP contribution in [0.2, 0.25) is 5.02 Å². The summed E-state index contributed by atoms with van der Waals surface area (Å²) in [5.41, 5.74) is 4.80. The fraction of sp³-hybridized carbons (Fsp3) is 0.136. The molecule has 0 bridgehead atoms. The van der Waals surface area contributed by atoms with Gasteiger partial charge in [0.25, 0.3) is 5.91 Å². The number of nitrogens with one attached hydrogen (secondary N) is 1. The molecule has 4 heteroatoms. The van der Waals surface area contributed by atoms with Crippen molar-refractivity contribution in [1.82, 2.24) is 0 Å². The average molecular weight is 363 g/mol. The van der Waals surface area contributed by atoms with E-state index in [1.807, 2.05) is 60.7 Å². The first-order chi connectivity index (χ1) is 12.7. The van der Waals surface area contributed by atoms with E-state index in [2.05, 4.69) is 24.4 Å². The maximum Gasteiger partial charge on any atom is 0.260 e. The summed E-state index contributed by atoms with van der Waals surface area (Å²) in [7, 11) is 0. The maximum atomic E-state index is 13.1. The molecule has 3 aromatic carbocycles. The largest absolute Gasteiger partial charge is 0.361 e. The van der Waals surface area contributed by atoms with Crippen molar-refractivity contribution < 1.29 is 4.79 Å². The second-order valence-electron chi connectivity index (χ2n) is 6.30. The van der Waals surface area contributed by atoms with Gasteiger partial charge in [-0.2, -0.15) is 0 Å². The second kappa shape index (κ2) is 6.85. The van der Waals surface area contributed by atoms with Gasteiger partial charge in [-0.1, -0.05) is 54.9 Å². The third-order valence-electron chi connectivity index (χ3n) is 4.76. The summed E-state index contributed by atoms with van der Waals surface area (Å²) in [5.74, 6) is -0.00518. The van der Waals surface area contributed by atoms with Gasteiger partial charge in [-0.05, 0) is 48.4 Å². The van der Waals surface area contributed by atoms with Gasteiger partial charge >= 0.3 is 0 Å². The van der Waals surface area contributed by atoms with Crippen LogP contribution in [0.5, 0.6) is 0 Å². The Kier molecular flexibility index (Phi) is 4.39. The van der Waals surface area contributed by atoms with Gasteiger partial charge in [0, 0.05) is 27.5 Å². The minimum absolute atomic E-state index is 0.00518. The fourth-order valence-electron chi connectivity index (χ4n) is 3.44. The van der Waals surface area contributed by atoms with E-state index in [4.69, 9.17) is 11.6 Å². The summed E-state index contributed by atoms with van der Waals surface area (Å²) in [6.45, 7) is 2.13. The lowest BCUT2D eigenvalue weighted by atomic mass is 10.1. The van der Waals surface area contributed by atoms with Crippen molar-refractivity contribution in [3.05, 3.63) is 94.5 Å². The number of anilines is 2. The molecular formula is C22H19ClN2O. The highest BCUT2D eigenvalue weighted by atomic mass is 35.5. The number of benzene rings is 3. The van der Waals surface area contributed by atoms with Crippen LogP contribution in [-0.4, -0.2) is 5.91 Å². The molecule has 3 nitrogen and oxygen atoms in total. The summed E-state index contributed by atoms with van der Waals surface area (Å²) in [6.07, 6.45) is 0.666. The summed E-state index contributed by atoms with van der Waals surface area (Å²) < 4.78 is 0. The zero-order valence-corrected chi connectivity index (χ0v) is 15.2. The van der Waals surface area contributed by atoms with Gasteiger partial charge in [-0.15, -0.1) is 0 Å². The standard InChI is InChI=1S/C22H19ClN2O/c1-2-15-7-3-6-10-20(15)24-21-18-8-4-5-9-19(18)22(26)25(21)17-13-11-16(23)12-14-17/h3-14,21,24H,2H2,1H3/t21-/m1/s1. The zero-order chi connectivity index (χ0) is 18.1. The predicted octanol–water partition coefficient (Wildman–Crippen LogP) is 5.67. The van der Waals surface area contributed by atoms with Crippen molar-refractivity contribution in [2.45, 2.75) is 19.5 Å². The molecule has 0 unspecified atom stereocenters. The number of para-hydroxylation sites is 1. The van der Waals surface area contributed by atoms with E-state index >= 15 is 0 Å². The van der Waals surface area contributed by atoms with E-state index in [0.29, 0.717) is 5.02 Å². The molecule has 0 aromatic heterocycles. The molecule has 1 amide bonds. The lowest BCUT2D eigenvalue weighted by Crippen LogP contribution is -2.32. The van der Waals surface area contributed by atoms with Gasteiger partial charge in [0.05, 0.1) is 0 Å². The van der Waals surface area contributed by atoms with Crippen molar-refractivity contribution >= 4 is 28.9 Å². The van der Waals surface area contributed by atoms with Crippen LogP contribution in [0.25, 0.3) is 0 Å². The van der Waals surface area contributed by atoms with Crippen LogP contribution in [0.4, 0.5) is 11.4 Å². The van der Waals surface area contributed by atoms with Crippen LogP contribution in [0.15, 0.2) is 72.8 Å². The molecule has 0 spiro atoms. The zero-order valence-electron chi connectivity index (χ0n) is 14.4. The lowest BCUT2D eigenvalue weighted by molar-refractivity contribution is 0.0993. The number of nitrogens with zero attached hydrogens (tertiary/aromatic N) is 1. The Hall–Kier alpha value is -2.78. The number of fused-ring (bicyclic) bond motifs is 1. The summed E-state index contributed by atoms with van der Waals surface area (Å²) in [6, 6.07) is 23.4. The van der Waals surface area contributed by atoms with Crippen LogP contribution in [-0.2, 0) is 6.42 Å². The van der Waals surface area contributed by atoms with E-state index < -0.39 is 0 Å². The first kappa shape index (κ1) is 16.7. The Morgan fingerprint density at radius 3 is 2.42 bits per heavy atom. The van der Waals surface area contributed by atoms with Crippen LogP contribution in [0, 0.1) is 0 Å². The van der Waals surface area contributed by atoms with Gasteiger partial charge in [0.1, 0.15) is 6.17 Å². The lowest BCUT2D eigenvalue weighted by Gasteiger charge is -2.28. The van der Waals surface area contributed by atoms with Gasteiger partial charge in [-0.25, -0.2) is 0 Å². The van der Waals surface area contributed by atoms with E-state index in [9.17, 15) is 4.79 Å². The summed E-state index contributed by atoms with van der Waals surface area (Å²) in [5, 5.41) is 4.23. The van der Waals surface area contributed by atoms with Crippen molar-refractivity contribution in [2.24, 2.45) is 0 Å². The summed E-state index contributed by atoms with van der Waals surface area (Å²) in [4.78, 5) is 14.9. The van der Waals surface area contributed by atoms with Crippen LogP contribution in [0.3, 0.4) is 0 Å². The molecule has 0 fully saturated rings. The molecule has 1 aliphatic rings. The number of rotatable bonds is 4. The first-order valence-corrected chi connectivity index (χ1v) is 9.09. The molecule has 0 radical (unpaired) electrons. The number of amides is 1. The van der Waals surface area contributed by atoms with Gasteiger partial charge in [-0.3, -0.25) is 9.69 Å². The van der Waals surface area contributed by atoms with Gasteiger partial charge < -0.3 is 5.32 Å². The quantitative estimate of drug-likeness (QED) is 0.648. The Labute approximate surface area is 158 Å². The van der Waals surface area contributed by atoms with Crippen molar-refractivity contribution in [1.29, 1.82) is 0 Å². The minimum atomic E-state index is -0.257. The molecule has 0 saturated carbocycles. The highest BCUT2D eigenvalue weighted by Crippen LogP contribution is 2.38. The molecule has 4 rings (SSSR count).